The van der Waals surface area contributed by atoms with Gasteiger partial charge >= 0.3 is 0 Å². The zero-order valence-corrected chi connectivity index (χ0v) is 12.5. The van der Waals surface area contributed by atoms with Gasteiger partial charge in [-0.3, -0.25) is 4.79 Å². The smallest absolute Gasteiger partial charge is 0.166 e. The van der Waals surface area contributed by atoms with Crippen molar-refractivity contribution < 1.29 is 9.53 Å². The van der Waals surface area contributed by atoms with Gasteiger partial charge in [0.2, 0.25) is 0 Å². The molecule has 4 rings (SSSR count). The van der Waals surface area contributed by atoms with Crippen LogP contribution in [0, 0.1) is 5.92 Å². The third-order valence-electron chi connectivity index (χ3n) is 5.48. The fraction of sp³-hybridized carbons (Fsp3) is 0.611. The number of hydrogen-bond acceptors (Lipinski definition) is 3. The van der Waals surface area contributed by atoms with Crippen molar-refractivity contribution in [1.82, 2.24) is 0 Å². The molecule has 3 heteroatoms. The molecule has 3 nitrogen and oxygen atoms in total. The third-order valence-corrected chi connectivity index (χ3v) is 5.48. The summed E-state index contributed by atoms with van der Waals surface area (Å²) in [6.07, 6.45) is 7.65. The van der Waals surface area contributed by atoms with Gasteiger partial charge in [-0.15, -0.1) is 0 Å². The average Bonchev–Trinajstić information content (AvgIpc) is 3.15. The number of ether oxygens (including phenoxy) is 1. The molecule has 1 aliphatic carbocycles. The van der Waals surface area contributed by atoms with E-state index in [0.717, 1.165) is 50.8 Å². The lowest BCUT2D eigenvalue weighted by atomic mass is 9.80. The maximum absolute atomic E-state index is 12.9. The topological polar surface area (TPSA) is 38.3 Å². The minimum absolute atomic E-state index is 0.0247. The first kappa shape index (κ1) is 13.3. The maximum atomic E-state index is 12.9. The van der Waals surface area contributed by atoms with Gasteiger partial charge < -0.3 is 10.1 Å². The molecular formula is C18H23NO2. The van der Waals surface area contributed by atoms with Gasteiger partial charge in [0.25, 0.3) is 0 Å². The molecule has 1 unspecified atom stereocenters. The standard InChI is InChI=1S/C18H23NO2/c20-17(14-3-4-16-13(11-14)5-9-19-16)15-6-10-21-18(12-15)7-1-2-8-18/h3-4,11,15,19H,1-2,5-10,12H2. The van der Waals surface area contributed by atoms with Crippen LogP contribution in [0.5, 0.6) is 0 Å². The molecule has 2 aliphatic heterocycles. The molecule has 21 heavy (non-hydrogen) atoms. The minimum atomic E-state index is 0.0247. The van der Waals surface area contributed by atoms with Crippen molar-refractivity contribution in [1.29, 1.82) is 0 Å². The summed E-state index contributed by atoms with van der Waals surface area (Å²) >= 11 is 0. The zero-order chi connectivity index (χ0) is 14.3. The van der Waals surface area contributed by atoms with Crippen LogP contribution in [-0.4, -0.2) is 24.5 Å². The van der Waals surface area contributed by atoms with Gasteiger partial charge in [-0.05, 0) is 55.9 Å². The predicted octanol–water partition coefficient (Wildman–Crippen LogP) is 3.58. The largest absolute Gasteiger partial charge is 0.384 e. The van der Waals surface area contributed by atoms with E-state index in [-0.39, 0.29) is 11.5 Å². The SMILES string of the molecule is O=C(c1ccc2c(c1)CCN2)C1CCOC2(CCCC2)C1. The van der Waals surface area contributed by atoms with Gasteiger partial charge in [0.1, 0.15) is 0 Å². The molecule has 1 aromatic carbocycles. The van der Waals surface area contributed by atoms with Crippen LogP contribution in [0.2, 0.25) is 0 Å². The van der Waals surface area contributed by atoms with Crippen LogP contribution in [0.1, 0.15) is 54.4 Å². The summed E-state index contributed by atoms with van der Waals surface area (Å²) < 4.78 is 6.05. The lowest BCUT2D eigenvalue weighted by Gasteiger charge is -2.37. The second-order valence-electron chi connectivity index (χ2n) is 6.84. The number of benzene rings is 1. The van der Waals surface area contributed by atoms with E-state index in [1.807, 2.05) is 6.07 Å². The van der Waals surface area contributed by atoms with Crippen LogP contribution in [-0.2, 0) is 11.2 Å². The number of ketones is 1. The summed E-state index contributed by atoms with van der Waals surface area (Å²) in [5.74, 6) is 0.489. The first-order valence-corrected chi connectivity index (χ1v) is 8.31. The molecule has 3 aliphatic rings. The highest BCUT2D eigenvalue weighted by atomic mass is 16.5. The summed E-state index contributed by atoms with van der Waals surface area (Å²) in [6.45, 7) is 1.75. The van der Waals surface area contributed by atoms with Gasteiger partial charge in [-0.1, -0.05) is 12.8 Å². The molecule has 0 radical (unpaired) electrons. The summed E-state index contributed by atoms with van der Waals surface area (Å²) in [5, 5.41) is 3.35. The van der Waals surface area contributed by atoms with E-state index in [1.54, 1.807) is 0 Å². The van der Waals surface area contributed by atoms with E-state index in [2.05, 4.69) is 17.4 Å². The fourth-order valence-electron chi connectivity index (χ4n) is 4.31. The van der Waals surface area contributed by atoms with Crippen LogP contribution in [0.4, 0.5) is 5.69 Å². The molecule has 0 bridgehead atoms. The Morgan fingerprint density at radius 2 is 2.14 bits per heavy atom. The van der Waals surface area contributed by atoms with Gasteiger partial charge in [-0.25, -0.2) is 0 Å². The number of anilines is 1. The molecule has 2 fully saturated rings. The molecule has 2 heterocycles. The highest BCUT2D eigenvalue weighted by molar-refractivity contribution is 5.98. The normalized spacial score (nSPS) is 26.6. The Balaban J connectivity index is 1.54. The van der Waals surface area contributed by atoms with Crippen molar-refractivity contribution in [2.75, 3.05) is 18.5 Å². The van der Waals surface area contributed by atoms with Gasteiger partial charge in [0.05, 0.1) is 5.60 Å². The van der Waals surface area contributed by atoms with Crippen LogP contribution >= 0.6 is 0 Å². The number of hydrogen-bond donors (Lipinski definition) is 1. The Hall–Kier alpha value is -1.35. The molecule has 112 valence electrons. The van der Waals surface area contributed by atoms with Crippen LogP contribution in [0.15, 0.2) is 18.2 Å². The maximum Gasteiger partial charge on any atom is 0.166 e. The lowest BCUT2D eigenvalue weighted by molar-refractivity contribution is -0.0866. The molecular weight excluding hydrogens is 262 g/mol. The molecule has 1 aromatic rings. The number of rotatable bonds is 2. The van der Waals surface area contributed by atoms with E-state index < -0.39 is 0 Å². The van der Waals surface area contributed by atoms with E-state index in [1.165, 1.54) is 24.1 Å². The monoisotopic (exact) mass is 285 g/mol. The third kappa shape index (κ3) is 2.38. The minimum Gasteiger partial charge on any atom is -0.384 e. The van der Waals surface area contributed by atoms with E-state index >= 15 is 0 Å². The molecule has 0 aromatic heterocycles. The first-order chi connectivity index (χ1) is 10.3. The summed E-state index contributed by atoms with van der Waals surface area (Å²) in [7, 11) is 0. The number of carbonyl (C=O) groups is 1. The number of nitrogens with one attached hydrogen (secondary N) is 1. The van der Waals surface area contributed by atoms with Crippen LogP contribution < -0.4 is 5.32 Å². The molecule has 0 amide bonds. The number of carbonyl (C=O) groups excluding carboxylic acids is 1. The van der Waals surface area contributed by atoms with Crippen LogP contribution in [0.3, 0.4) is 0 Å². The fourth-order valence-corrected chi connectivity index (χ4v) is 4.31. The van der Waals surface area contributed by atoms with E-state index in [0.29, 0.717) is 5.78 Å². The Kier molecular flexibility index (Phi) is 3.26. The second kappa shape index (κ2) is 5.13. The van der Waals surface area contributed by atoms with E-state index in [4.69, 9.17) is 4.74 Å². The van der Waals surface area contributed by atoms with Crippen molar-refractivity contribution in [3.63, 3.8) is 0 Å². The Labute approximate surface area is 126 Å². The second-order valence-corrected chi connectivity index (χ2v) is 6.84. The molecule has 1 N–H and O–H groups in total. The highest BCUT2D eigenvalue weighted by Gasteiger charge is 2.42. The van der Waals surface area contributed by atoms with Gasteiger partial charge in [-0.2, -0.15) is 0 Å². The van der Waals surface area contributed by atoms with Crippen molar-refractivity contribution in [3.8, 4) is 0 Å². The molecule has 1 atom stereocenters. The molecule has 1 spiro atoms. The van der Waals surface area contributed by atoms with Crippen molar-refractivity contribution in [2.45, 2.75) is 50.5 Å². The Bertz CT molecular complexity index is 560. The van der Waals surface area contributed by atoms with Crippen molar-refractivity contribution >= 4 is 11.5 Å². The predicted molar refractivity (Wildman–Crippen MR) is 82.8 cm³/mol. The summed E-state index contributed by atoms with van der Waals surface area (Å²) in [4.78, 5) is 12.9. The van der Waals surface area contributed by atoms with Gasteiger partial charge in [0, 0.05) is 30.3 Å². The van der Waals surface area contributed by atoms with Crippen molar-refractivity contribution in [2.24, 2.45) is 5.92 Å². The van der Waals surface area contributed by atoms with Crippen LogP contribution in [0.25, 0.3) is 0 Å². The molecule has 1 saturated heterocycles. The average molecular weight is 285 g/mol. The zero-order valence-electron chi connectivity index (χ0n) is 12.5. The number of fused-ring (bicyclic) bond motifs is 1. The lowest BCUT2D eigenvalue weighted by Crippen LogP contribution is -2.39. The van der Waals surface area contributed by atoms with Crippen molar-refractivity contribution in [3.05, 3.63) is 29.3 Å². The van der Waals surface area contributed by atoms with E-state index in [9.17, 15) is 4.79 Å². The quantitative estimate of drug-likeness (QED) is 0.844. The first-order valence-electron chi connectivity index (χ1n) is 8.31. The summed E-state index contributed by atoms with van der Waals surface area (Å²) in [5.41, 5.74) is 3.42. The Morgan fingerprint density at radius 1 is 1.29 bits per heavy atom. The molecule has 1 saturated carbocycles. The highest BCUT2D eigenvalue weighted by Crippen LogP contribution is 2.42. The Morgan fingerprint density at radius 3 is 3.00 bits per heavy atom. The van der Waals surface area contributed by atoms with Gasteiger partial charge in [0.15, 0.2) is 5.78 Å². The summed E-state index contributed by atoms with van der Waals surface area (Å²) in [6, 6.07) is 6.17. The number of Topliss-reactive ketones (excluding diaryl/α,β-unsaturated/α-hetero) is 1.